The van der Waals surface area contributed by atoms with Crippen LogP contribution in [0.5, 0.6) is 11.5 Å². The van der Waals surface area contributed by atoms with E-state index in [9.17, 15) is 13.9 Å². The summed E-state index contributed by atoms with van der Waals surface area (Å²) in [4.78, 5) is 0. The molecule has 2 aromatic rings. The standard InChI is InChI=1S/C14H11BrF2O2/c1-8(18)10-4-2-3-5-12(10)19-13-7-9(15)6-11(16)14(13)17/h2-8,18H,1H3/t8-/m0/s1. The average molecular weight is 329 g/mol. The van der Waals surface area contributed by atoms with Gasteiger partial charge in [-0.3, -0.25) is 0 Å². The SMILES string of the molecule is C[C@H](O)c1ccccc1Oc1cc(Br)cc(F)c1F. The second-order valence-corrected chi connectivity index (χ2v) is 4.93. The maximum absolute atomic E-state index is 13.6. The van der Waals surface area contributed by atoms with Gasteiger partial charge >= 0.3 is 0 Å². The van der Waals surface area contributed by atoms with Gasteiger partial charge in [-0.15, -0.1) is 0 Å². The van der Waals surface area contributed by atoms with Gasteiger partial charge in [0.1, 0.15) is 5.75 Å². The Morgan fingerprint density at radius 2 is 1.84 bits per heavy atom. The molecule has 0 aliphatic rings. The fourth-order valence-electron chi connectivity index (χ4n) is 1.64. The minimum absolute atomic E-state index is 0.236. The minimum atomic E-state index is -1.07. The molecule has 2 aromatic carbocycles. The molecule has 0 spiro atoms. The van der Waals surface area contributed by atoms with Crippen LogP contribution in [0.25, 0.3) is 0 Å². The molecule has 0 aliphatic carbocycles. The van der Waals surface area contributed by atoms with Crippen LogP contribution >= 0.6 is 15.9 Å². The Bertz CT molecular complexity index is 600. The van der Waals surface area contributed by atoms with Crippen LogP contribution < -0.4 is 4.74 Å². The smallest absolute Gasteiger partial charge is 0.201 e. The van der Waals surface area contributed by atoms with Gasteiger partial charge in [0.2, 0.25) is 5.82 Å². The molecule has 0 saturated carbocycles. The van der Waals surface area contributed by atoms with Crippen LogP contribution in [0.3, 0.4) is 0 Å². The highest BCUT2D eigenvalue weighted by Crippen LogP contribution is 2.33. The predicted octanol–water partition coefficient (Wildman–Crippen LogP) is 4.57. The van der Waals surface area contributed by atoms with Crippen molar-refractivity contribution in [1.29, 1.82) is 0 Å². The highest BCUT2D eigenvalue weighted by Gasteiger charge is 2.15. The van der Waals surface area contributed by atoms with E-state index in [-0.39, 0.29) is 11.5 Å². The Hall–Kier alpha value is -1.46. The van der Waals surface area contributed by atoms with Gasteiger partial charge in [0.25, 0.3) is 0 Å². The molecule has 2 nitrogen and oxygen atoms in total. The third-order valence-electron chi connectivity index (χ3n) is 2.55. The average Bonchev–Trinajstić information content (AvgIpc) is 2.35. The molecular formula is C14H11BrF2O2. The van der Waals surface area contributed by atoms with E-state index in [1.807, 2.05) is 0 Å². The zero-order chi connectivity index (χ0) is 14.0. The first-order valence-corrected chi connectivity index (χ1v) is 6.37. The molecule has 0 unspecified atom stereocenters. The lowest BCUT2D eigenvalue weighted by Gasteiger charge is -2.13. The van der Waals surface area contributed by atoms with E-state index in [0.29, 0.717) is 10.0 Å². The monoisotopic (exact) mass is 328 g/mol. The van der Waals surface area contributed by atoms with Gasteiger partial charge < -0.3 is 9.84 Å². The molecule has 0 aromatic heterocycles. The molecule has 0 amide bonds. The van der Waals surface area contributed by atoms with E-state index in [0.717, 1.165) is 6.07 Å². The number of hydrogen-bond acceptors (Lipinski definition) is 2. The summed E-state index contributed by atoms with van der Waals surface area (Å²) < 4.78 is 32.6. The maximum Gasteiger partial charge on any atom is 0.201 e. The number of halogens is 3. The van der Waals surface area contributed by atoms with Crippen molar-refractivity contribution < 1.29 is 18.6 Å². The van der Waals surface area contributed by atoms with Gasteiger partial charge in [-0.05, 0) is 25.1 Å². The van der Waals surface area contributed by atoms with Crippen molar-refractivity contribution in [3.63, 3.8) is 0 Å². The summed E-state index contributed by atoms with van der Waals surface area (Å²) in [6, 6.07) is 9.01. The molecule has 0 fully saturated rings. The van der Waals surface area contributed by atoms with Crippen LogP contribution in [0, 0.1) is 11.6 Å². The molecule has 0 saturated heterocycles. The molecule has 0 aliphatic heterocycles. The van der Waals surface area contributed by atoms with Gasteiger partial charge in [0.05, 0.1) is 6.10 Å². The fourth-order valence-corrected chi connectivity index (χ4v) is 2.05. The first-order valence-electron chi connectivity index (χ1n) is 5.58. The Balaban J connectivity index is 2.42. The third kappa shape index (κ3) is 3.11. The van der Waals surface area contributed by atoms with Crippen molar-refractivity contribution in [2.45, 2.75) is 13.0 Å². The molecule has 100 valence electrons. The molecule has 5 heteroatoms. The van der Waals surface area contributed by atoms with Crippen LogP contribution in [-0.4, -0.2) is 5.11 Å². The molecule has 19 heavy (non-hydrogen) atoms. The second kappa shape index (κ2) is 5.67. The number of para-hydroxylation sites is 1. The van der Waals surface area contributed by atoms with Crippen molar-refractivity contribution in [3.05, 3.63) is 58.1 Å². The van der Waals surface area contributed by atoms with Gasteiger partial charge in [0, 0.05) is 10.0 Å². The first-order chi connectivity index (χ1) is 8.99. The molecule has 0 radical (unpaired) electrons. The summed E-state index contributed by atoms with van der Waals surface area (Å²) in [6.07, 6.45) is -0.767. The highest BCUT2D eigenvalue weighted by molar-refractivity contribution is 9.10. The van der Waals surface area contributed by atoms with E-state index in [1.54, 1.807) is 31.2 Å². The topological polar surface area (TPSA) is 29.5 Å². The Labute approximate surface area is 117 Å². The van der Waals surface area contributed by atoms with Gasteiger partial charge in [0.15, 0.2) is 11.6 Å². The number of aliphatic hydroxyl groups is 1. The quantitative estimate of drug-likeness (QED) is 0.836. The first kappa shape index (κ1) is 14.0. The molecule has 2 rings (SSSR count). The van der Waals surface area contributed by atoms with E-state index in [2.05, 4.69) is 15.9 Å². The number of ether oxygens (including phenoxy) is 1. The van der Waals surface area contributed by atoms with Crippen LogP contribution in [-0.2, 0) is 0 Å². The lowest BCUT2D eigenvalue weighted by molar-refractivity contribution is 0.195. The van der Waals surface area contributed by atoms with Crippen molar-refractivity contribution in [2.24, 2.45) is 0 Å². The van der Waals surface area contributed by atoms with Crippen molar-refractivity contribution in [2.75, 3.05) is 0 Å². The Kier molecular flexibility index (Phi) is 4.17. The van der Waals surface area contributed by atoms with Crippen LogP contribution in [0.1, 0.15) is 18.6 Å². The molecular weight excluding hydrogens is 318 g/mol. The largest absolute Gasteiger partial charge is 0.454 e. The van der Waals surface area contributed by atoms with E-state index >= 15 is 0 Å². The zero-order valence-corrected chi connectivity index (χ0v) is 11.6. The minimum Gasteiger partial charge on any atom is -0.454 e. The van der Waals surface area contributed by atoms with Crippen LogP contribution in [0.2, 0.25) is 0 Å². The van der Waals surface area contributed by atoms with E-state index < -0.39 is 17.7 Å². The maximum atomic E-state index is 13.6. The van der Waals surface area contributed by atoms with Gasteiger partial charge in [-0.2, -0.15) is 4.39 Å². The lowest BCUT2D eigenvalue weighted by Crippen LogP contribution is -1.98. The van der Waals surface area contributed by atoms with Crippen LogP contribution in [0.15, 0.2) is 40.9 Å². The molecule has 1 atom stereocenters. The molecule has 1 N–H and O–H groups in total. The number of benzene rings is 2. The molecule has 0 heterocycles. The number of aliphatic hydroxyl groups excluding tert-OH is 1. The van der Waals surface area contributed by atoms with Crippen molar-refractivity contribution >= 4 is 15.9 Å². The normalized spacial score (nSPS) is 12.3. The summed E-state index contributed by atoms with van der Waals surface area (Å²) in [5, 5.41) is 9.60. The van der Waals surface area contributed by atoms with Gasteiger partial charge in [-0.25, -0.2) is 4.39 Å². The number of rotatable bonds is 3. The predicted molar refractivity (Wildman–Crippen MR) is 71.2 cm³/mol. The summed E-state index contributed by atoms with van der Waals surface area (Å²) in [6.45, 7) is 1.57. The lowest BCUT2D eigenvalue weighted by atomic mass is 10.1. The summed E-state index contributed by atoms with van der Waals surface area (Å²) in [7, 11) is 0. The van der Waals surface area contributed by atoms with E-state index in [4.69, 9.17) is 4.74 Å². The second-order valence-electron chi connectivity index (χ2n) is 4.02. The zero-order valence-electron chi connectivity index (χ0n) is 10.0. The summed E-state index contributed by atoms with van der Waals surface area (Å²) in [5.74, 6) is -2.02. The van der Waals surface area contributed by atoms with Gasteiger partial charge in [-0.1, -0.05) is 34.1 Å². The Morgan fingerprint density at radius 1 is 1.16 bits per heavy atom. The van der Waals surface area contributed by atoms with Crippen molar-refractivity contribution in [3.8, 4) is 11.5 Å². The Morgan fingerprint density at radius 3 is 2.53 bits per heavy atom. The third-order valence-corrected chi connectivity index (χ3v) is 3.01. The fraction of sp³-hybridized carbons (Fsp3) is 0.143. The molecule has 0 bridgehead atoms. The van der Waals surface area contributed by atoms with Crippen LogP contribution in [0.4, 0.5) is 8.78 Å². The van der Waals surface area contributed by atoms with E-state index in [1.165, 1.54) is 6.07 Å². The summed E-state index contributed by atoms with van der Waals surface area (Å²) in [5.41, 5.74) is 0.502. The number of hydrogen-bond donors (Lipinski definition) is 1. The summed E-state index contributed by atoms with van der Waals surface area (Å²) >= 11 is 3.07. The van der Waals surface area contributed by atoms with Crippen molar-refractivity contribution in [1.82, 2.24) is 0 Å². The highest BCUT2D eigenvalue weighted by atomic mass is 79.9.